The minimum Gasteiger partial charge on any atom is -0.462 e. The number of carbonyl (C=O) groups is 3. The van der Waals surface area contributed by atoms with Gasteiger partial charge in [-0.25, -0.2) is 4.79 Å². The van der Waals surface area contributed by atoms with Crippen molar-refractivity contribution >= 4 is 23.5 Å². The number of amides is 1. The maximum atomic E-state index is 12.2. The molecule has 0 saturated heterocycles. The number of hydrogen-bond donors (Lipinski definition) is 1. The minimum atomic E-state index is -0.538. The van der Waals surface area contributed by atoms with Crippen LogP contribution in [0.4, 0.5) is 5.82 Å². The number of ketones is 1. The molecular weight excluding hydrogens is 334 g/mol. The predicted molar refractivity (Wildman–Crippen MR) is 97.3 cm³/mol. The average Bonchev–Trinajstić information content (AvgIpc) is 2.87. The zero-order chi connectivity index (χ0) is 19.3. The van der Waals surface area contributed by atoms with Crippen molar-refractivity contribution in [2.45, 2.75) is 33.6 Å². The molecule has 138 valence electrons. The van der Waals surface area contributed by atoms with Gasteiger partial charge in [0, 0.05) is 25.5 Å². The molecule has 26 heavy (non-hydrogen) atoms. The quantitative estimate of drug-likeness (QED) is 0.608. The Bertz CT molecular complexity index is 822. The van der Waals surface area contributed by atoms with Crippen molar-refractivity contribution in [2.75, 3.05) is 11.9 Å². The number of rotatable bonds is 7. The standard InChI is InChI=1S/C19H23N3O4/c1-5-26-19(25)17-13(3)21-22(4)18(17)20-16(24)11-10-15(23)14-8-6-12(2)7-9-14/h6-9H,5,10-11H2,1-4H3,(H,20,24). The van der Waals surface area contributed by atoms with E-state index in [0.29, 0.717) is 11.3 Å². The lowest BCUT2D eigenvalue weighted by Gasteiger charge is -2.08. The second kappa shape index (κ2) is 8.42. The summed E-state index contributed by atoms with van der Waals surface area (Å²) in [5.74, 6) is -0.733. The summed E-state index contributed by atoms with van der Waals surface area (Å²) < 4.78 is 6.43. The topological polar surface area (TPSA) is 90.3 Å². The zero-order valence-electron chi connectivity index (χ0n) is 15.5. The molecule has 2 aromatic rings. The van der Waals surface area contributed by atoms with Crippen molar-refractivity contribution in [3.05, 3.63) is 46.6 Å². The van der Waals surface area contributed by atoms with Gasteiger partial charge >= 0.3 is 5.97 Å². The van der Waals surface area contributed by atoms with Gasteiger partial charge in [0.2, 0.25) is 5.91 Å². The van der Waals surface area contributed by atoms with Crippen molar-refractivity contribution in [3.63, 3.8) is 0 Å². The number of Topliss-reactive ketones (excluding diaryl/α,β-unsaturated/α-hetero) is 1. The van der Waals surface area contributed by atoms with Crippen LogP contribution in [0.3, 0.4) is 0 Å². The van der Waals surface area contributed by atoms with Gasteiger partial charge in [-0.05, 0) is 20.8 Å². The van der Waals surface area contributed by atoms with Crippen LogP contribution >= 0.6 is 0 Å². The molecule has 1 heterocycles. The summed E-state index contributed by atoms with van der Waals surface area (Å²) in [5.41, 5.74) is 2.34. The van der Waals surface area contributed by atoms with Crippen molar-refractivity contribution in [1.82, 2.24) is 9.78 Å². The molecule has 7 nitrogen and oxygen atoms in total. The molecule has 1 aromatic carbocycles. The zero-order valence-corrected chi connectivity index (χ0v) is 15.5. The molecule has 2 rings (SSSR count). The van der Waals surface area contributed by atoms with E-state index < -0.39 is 5.97 Å². The monoisotopic (exact) mass is 357 g/mol. The lowest BCUT2D eigenvalue weighted by molar-refractivity contribution is -0.116. The summed E-state index contributed by atoms with van der Waals surface area (Å²) >= 11 is 0. The van der Waals surface area contributed by atoms with E-state index >= 15 is 0 Å². The third kappa shape index (κ3) is 4.56. The van der Waals surface area contributed by atoms with Crippen molar-refractivity contribution in [3.8, 4) is 0 Å². The maximum absolute atomic E-state index is 12.2. The first-order valence-electron chi connectivity index (χ1n) is 8.44. The minimum absolute atomic E-state index is 0.0131. The van der Waals surface area contributed by atoms with Crippen LogP contribution in [0.1, 0.15) is 51.7 Å². The first kappa shape index (κ1) is 19.4. The largest absolute Gasteiger partial charge is 0.462 e. The summed E-state index contributed by atoms with van der Waals surface area (Å²) in [6.45, 7) is 5.55. The number of ether oxygens (including phenoxy) is 1. The van der Waals surface area contributed by atoms with Crippen LogP contribution in [0, 0.1) is 13.8 Å². The fourth-order valence-electron chi connectivity index (χ4n) is 2.55. The highest BCUT2D eigenvalue weighted by molar-refractivity contribution is 6.03. The maximum Gasteiger partial charge on any atom is 0.343 e. The Morgan fingerprint density at radius 1 is 1.12 bits per heavy atom. The number of esters is 1. The van der Waals surface area contributed by atoms with Crippen LogP contribution in [-0.4, -0.2) is 34.0 Å². The number of aryl methyl sites for hydroxylation is 3. The van der Waals surface area contributed by atoms with Crippen molar-refractivity contribution < 1.29 is 19.1 Å². The normalized spacial score (nSPS) is 10.5. The third-order valence-corrected chi connectivity index (χ3v) is 3.91. The Morgan fingerprint density at radius 3 is 2.38 bits per heavy atom. The van der Waals surface area contributed by atoms with E-state index in [0.717, 1.165) is 5.56 Å². The summed E-state index contributed by atoms with van der Waals surface area (Å²) in [4.78, 5) is 36.5. The highest BCUT2D eigenvalue weighted by Gasteiger charge is 2.23. The van der Waals surface area contributed by atoms with Gasteiger partial charge in [0.15, 0.2) is 5.78 Å². The second-order valence-electron chi connectivity index (χ2n) is 5.99. The number of anilines is 1. The summed E-state index contributed by atoms with van der Waals surface area (Å²) in [6.07, 6.45) is 0.0969. The van der Waals surface area contributed by atoms with Gasteiger partial charge in [0.05, 0.1) is 12.3 Å². The lowest BCUT2D eigenvalue weighted by Crippen LogP contribution is -2.18. The number of benzene rings is 1. The Hall–Kier alpha value is -2.96. The van der Waals surface area contributed by atoms with E-state index in [1.165, 1.54) is 4.68 Å². The molecule has 0 atom stereocenters. The van der Waals surface area contributed by atoms with E-state index in [1.54, 1.807) is 33.0 Å². The first-order chi connectivity index (χ1) is 12.3. The fraction of sp³-hybridized carbons (Fsp3) is 0.368. The summed E-state index contributed by atoms with van der Waals surface area (Å²) in [5, 5.41) is 6.82. The molecule has 0 spiro atoms. The van der Waals surface area contributed by atoms with Gasteiger partial charge in [0.1, 0.15) is 11.4 Å². The molecule has 0 aliphatic heterocycles. The number of nitrogens with zero attached hydrogens (tertiary/aromatic N) is 2. The van der Waals surface area contributed by atoms with Gasteiger partial charge in [-0.15, -0.1) is 0 Å². The summed E-state index contributed by atoms with van der Waals surface area (Å²) in [6, 6.07) is 7.21. The van der Waals surface area contributed by atoms with E-state index in [1.807, 2.05) is 19.1 Å². The molecule has 0 fully saturated rings. The molecule has 0 radical (unpaired) electrons. The Kier molecular flexibility index (Phi) is 6.27. The van der Waals surface area contributed by atoms with Crippen molar-refractivity contribution in [1.29, 1.82) is 0 Å². The number of aromatic nitrogens is 2. The SMILES string of the molecule is CCOC(=O)c1c(C)nn(C)c1NC(=O)CCC(=O)c1ccc(C)cc1. The molecule has 1 amide bonds. The van der Waals surface area contributed by atoms with Crippen LogP contribution in [0.25, 0.3) is 0 Å². The summed E-state index contributed by atoms with van der Waals surface area (Å²) in [7, 11) is 1.63. The Balaban J connectivity index is 2.03. The van der Waals surface area contributed by atoms with Gasteiger partial charge in [-0.2, -0.15) is 5.10 Å². The van der Waals surface area contributed by atoms with Crippen LogP contribution in [0.15, 0.2) is 24.3 Å². The highest BCUT2D eigenvalue weighted by Crippen LogP contribution is 2.20. The van der Waals surface area contributed by atoms with Gasteiger partial charge in [0.25, 0.3) is 0 Å². The smallest absolute Gasteiger partial charge is 0.343 e. The van der Waals surface area contributed by atoms with Crippen molar-refractivity contribution in [2.24, 2.45) is 7.05 Å². The van der Waals surface area contributed by atoms with E-state index in [2.05, 4.69) is 10.4 Å². The fourth-order valence-corrected chi connectivity index (χ4v) is 2.55. The number of hydrogen-bond acceptors (Lipinski definition) is 5. The van der Waals surface area contributed by atoms with Crippen LogP contribution in [-0.2, 0) is 16.6 Å². The van der Waals surface area contributed by atoms with E-state index in [-0.39, 0.29) is 42.5 Å². The predicted octanol–water partition coefficient (Wildman–Crippen LogP) is 2.82. The second-order valence-corrected chi connectivity index (χ2v) is 5.99. The number of nitrogens with one attached hydrogen (secondary N) is 1. The molecule has 0 saturated carbocycles. The molecule has 1 aromatic heterocycles. The Morgan fingerprint density at radius 2 is 1.77 bits per heavy atom. The first-order valence-corrected chi connectivity index (χ1v) is 8.44. The molecule has 0 aliphatic carbocycles. The van der Waals surface area contributed by atoms with Crippen LogP contribution < -0.4 is 5.32 Å². The lowest BCUT2D eigenvalue weighted by atomic mass is 10.0. The van der Waals surface area contributed by atoms with Gasteiger partial charge < -0.3 is 10.1 Å². The van der Waals surface area contributed by atoms with Gasteiger partial charge in [-0.3, -0.25) is 14.3 Å². The van der Waals surface area contributed by atoms with Gasteiger partial charge in [-0.1, -0.05) is 29.8 Å². The molecule has 7 heteroatoms. The van der Waals surface area contributed by atoms with E-state index in [4.69, 9.17) is 4.74 Å². The molecule has 0 bridgehead atoms. The molecule has 0 aliphatic rings. The van der Waals surface area contributed by atoms with Crippen LogP contribution in [0.2, 0.25) is 0 Å². The molecule has 0 unspecified atom stereocenters. The highest BCUT2D eigenvalue weighted by atomic mass is 16.5. The molecular formula is C19H23N3O4. The van der Waals surface area contributed by atoms with Crippen LogP contribution in [0.5, 0.6) is 0 Å². The average molecular weight is 357 g/mol. The number of carbonyl (C=O) groups excluding carboxylic acids is 3. The molecule has 1 N–H and O–H groups in total. The third-order valence-electron chi connectivity index (χ3n) is 3.91. The van der Waals surface area contributed by atoms with E-state index in [9.17, 15) is 14.4 Å². The Labute approximate surface area is 152 Å².